The third kappa shape index (κ3) is 5.40. The summed E-state index contributed by atoms with van der Waals surface area (Å²) < 4.78 is 24.3. The Bertz CT molecular complexity index is 876. The Hall–Kier alpha value is -2.71. The molecular formula is C18H21N3O4S. The van der Waals surface area contributed by atoms with Crippen molar-refractivity contribution in [2.75, 3.05) is 5.32 Å². The number of sulfonamides is 1. The molecule has 138 valence electrons. The van der Waals surface area contributed by atoms with E-state index < -0.39 is 21.8 Å². The fourth-order valence-electron chi connectivity index (χ4n) is 2.18. The van der Waals surface area contributed by atoms with Gasteiger partial charge in [0.25, 0.3) is 10.0 Å². The van der Waals surface area contributed by atoms with E-state index in [-0.39, 0.29) is 4.90 Å². The highest BCUT2D eigenvalue weighted by molar-refractivity contribution is 7.89. The average molecular weight is 375 g/mol. The fraction of sp³-hybridized carbons (Fsp3) is 0.222. The first-order chi connectivity index (χ1) is 12.3. The van der Waals surface area contributed by atoms with Crippen molar-refractivity contribution in [1.82, 2.24) is 10.3 Å². The summed E-state index contributed by atoms with van der Waals surface area (Å²) in [5.74, 6) is -2.09. The Kier molecular flexibility index (Phi) is 6.48. The minimum atomic E-state index is -3.96. The number of amides is 2. The van der Waals surface area contributed by atoms with Gasteiger partial charge in [0.05, 0.1) is 4.90 Å². The van der Waals surface area contributed by atoms with Gasteiger partial charge >= 0.3 is 11.8 Å². The Balaban J connectivity index is 1.94. The smallest absolute Gasteiger partial charge is 0.318 e. The molecule has 0 aromatic heterocycles. The first kappa shape index (κ1) is 19.6. The van der Waals surface area contributed by atoms with Crippen LogP contribution in [0.5, 0.6) is 0 Å². The van der Waals surface area contributed by atoms with Gasteiger partial charge in [-0.3, -0.25) is 15.0 Å². The second-order valence-electron chi connectivity index (χ2n) is 5.77. The van der Waals surface area contributed by atoms with Crippen LogP contribution in [0.15, 0.2) is 53.4 Å². The molecule has 0 aliphatic heterocycles. The minimum Gasteiger partial charge on any atom is -0.318 e. The molecule has 2 aromatic rings. The molecule has 0 heterocycles. The van der Waals surface area contributed by atoms with Crippen molar-refractivity contribution in [3.05, 3.63) is 59.7 Å². The third-order valence-corrected chi connectivity index (χ3v) is 4.85. The molecule has 0 saturated carbocycles. The average Bonchev–Trinajstić information content (AvgIpc) is 2.62. The van der Waals surface area contributed by atoms with Crippen molar-refractivity contribution in [2.24, 2.45) is 0 Å². The number of nitrogens with one attached hydrogen (secondary N) is 3. The zero-order valence-electron chi connectivity index (χ0n) is 14.6. The molecule has 3 N–H and O–H groups in total. The zero-order valence-corrected chi connectivity index (χ0v) is 15.4. The summed E-state index contributed by atoms with van der Waals surface area (Å²) in [5.41, 5.74) is 4.36. The monoisotopic (exact) mass is 375 g/mol. The number of hydrogen-bond acceptors (Lipinski definition) is 4. The van der Waals surface area contributed by atoms with Crippen LogP contribution >= 0.6 is 0 Å². The quantitative estimate of drug-likeness (QED) is 0.530. The lowest BCUT2D eigenvalue weighted by molar-refractivity contribution is -0.136. The second kappa shape index (κ2) is 8.59. The topological polar surface area (TPSA) is 104 Å². The number of benzene rings is 2. The van der Waals surface area contributed by atoms with E-state index in [9.17, 15) is 18.0 Å². The SMILES string of the molecule is CCCc1ccc(S(=O)(=O)NNC(=O)C(=O)Nc2ccc(C)cc2)cc1. The van der Waals surface area contributed by atoms with Crippen LogP contribution in [0.25, 0.3) is 0 Å². The lowest BCUT2D eigenvalue weighted by atomic mass is 10.1. The first-order valence-corrected chi connectivity index (χ1v) is 9.59. The Labute approximate surface area is 152 Å². The van der Waals surface area contributed by atoms with Crippen molar-refractivity contribution in [1.29, 1.82) is 0 Å². The van der Waals surface area contributed by atoms with E-state index in [0.29, 0.717) is 5.69 Å². The van der Waals surface area contributed by atoms with Gasteiger partial charge in [0.1, 0.15) is 0 Å². The maximum Gasteiger partial charge on any atom is 0.324 e. The summed E-state index contributed by atoms with van der Waals surface area (Å²) in [6.07, 6.45) is 1.81. The number of aryl methyl sites for hydroxylation is 2. The fourth-order valence-corrected chi connectivity index (χ4v) is 3.02. The highest BCUT2D eigenvalue weighted by Crippen LogP contribution is 2.11. The molecule has 0 aliphatic rings. The Morgan fingerprint density at radius 1 is 0.923 bits per heavy atom. The van der Waals surface area contributed by atoms with Gasteiger partial charge in [-0.15, -0.1) is 4.83 Å². The summed E-state index contributed by atoms with van der Waals surface area (Å²) >= 11 is 0. The van der Waals surface area contributed by atoms with Crippen molar-refractivity contribution >= 4 is 27.5 Å². The van der Waals surface area contributed by atoms with Gasteiger partial charge in [-0.1, -0.05) is 43.2 Å². The molecule has 26 heavy (non-hydrogen) atoms. The van der Waals surface area contributed by atoms with Gasteiger partial charge in [-0.2, -0.15) is 0 Å². The maximum atomic E-state index is 12.2. The number of carbonyl (C=O) groups excluding carboxylic acids is 2. The Morgan fingerprint density at radius 2 is 1.54 bits per heavy atom. The molecule has 0 aliphatic carbocycles. The molecule has 0 bridgehead atoms. The van der Waals surface area contributed by atoms with Crippen LogP contribution < -0.4 is 15.6 Å². The van der Waals surface area contributed by atoms with Crippen molar-refractivity contribution in [2.45, 2.75) is 31.6 Å². The van der Waals surface area contributed by atoms with Crippen LogP contribution in [0.2, 0.25) is 0 Å². The summed E-state index contributed by atoms with van der Waals surface area (Å²) in [5, 5.41) is 2.38. The maximum absolute atomic E-state index is 12.2. The molecule has 0 saturated heterocycles. The van der Waals surface area contributed by atoms with E-state index in [0.717, 1.165) is 24.0 Å². The zero-order chi connectivity index (χ0) is 19.2. The van der Waals surface area contributed by atoms with Crippen molar-refractivity contribution < 1.29 is 18.0 Å². The van der Waals surface area contributed by atoms with Crippen LogP contribution in [-0.4, -0.2) is 20.2 Å². The van der Waals surface area contributed by atoms with Crippen LogP contribution in [0, 0.1) is 6.92 Å². The predicted octanol–water partition coefficient (Wildman–Crippen LogP) is 1.90. The van der Waals surface area contributed by atoms with Crippen LogP contribution in [0.4, 0.5) is 5.69 Å². The predicted molar refractivity (Wildman–Crippen MR) is 98.7 cm³/mol. The van der Waals surface area contributed by atoms with Crippen LogP contribution in [-0.2, 0) is 26.0 Å². The molecule has 0 radical (unpaired) electrons. The van der Waals surface area contributed by atoms with Crippen LogP contribution in [0.1, 0.15) is 24.5 Å². The molecule has 2 aromatic carbocycles. The summed E-state index contributed by atoms with van der Waals surface area (Å²) in [7, 11) is -3.96. The lowest BCUT2D eigenvalue weighted by Gasteiger charge is -2.09. The number of hydrazine groups is 1. The number of rotatable bonds is 6. The standard InChI is InChI=1S/C18H21N3O4S/c1-3-4-14-7-11-16(12-8-14)26(24,25)21-20-18(23)17(22)19-15-9-5-13(2)6-10-15/h5-12,21H,3-4H2,1-2H3,(H,19,22)(H,20,23). The van der Waals surface area contributed by atoms with E-state index in [2.05, 4.69) is 5.32 Å². The molecule has 8 heteroatoms. The normalized spacial score (nSPS) is 11.0. The van der Waals surface area contributed by atoms with Gasteiger partial charge in [-0.05, 0) is 43.2 Å². The van der Waals surface area contributed by atoms with Crippen molar-refractivity contribution in [3.8, 4) is 0 Å². The number of hydrogen-bond donors (Lipinski definition) is 3. The molecule has 0 atom stereocenters. The second-order valence-corrected chi connectivity index (χ2v) is 7.46. The lowest BCUT2D eigenvalue weighted by Crippen LogP contribution is -2.46. The van der Waals surface area contributed by atoms with Gasteiger partial charge < -0.3 is 5.32 Å². The van der Waals surface area contributed by atoms with E-state index in [4.69, 9.17) is 0 Å². The largest absolute Gasteiger partial charge is 0.324 e. The van der Waals surface area contributed by atoms with Gasteiger partial charge in [0.15, 0.2) is 0 Å². The minimum absolute atomic E-state index is 0.00315. The summed E-state index contributed by atoms with van der Waals surface area (Å²) in [6, 6.07) is 13.2. The van der Waals surface area contributed by atoms with Gasteiger partial charge in [-0.25, -0.2) is 8.42 Å². The van der Waals surface area contributed by atoms with Crippen LogP contribution in [0.3, 0.4) is 0 Å². The molecular weight excluding hydrogens is 354 g/mol. The van der Waals surface area contributed by atoms with E-state index in [1.54, 1.807) is 36.4 Å². The molecule has 2 rings (SSSR count). The first-order valence-electron chi connectivity index (χ1n) is 8.10. The van der Waals surface area contributed by atoms with E-state index >= 15 is 0 Å². The van der Waals surface area contributed by atoms with Crippen molar-refractivity contribution in [3.63, 3.8) is 0 Å². The number of carbonyl (C=O) groups is 2. The molecule has 0 spiro atoms. The summed E-state index contributed by atoms with van der Waals surface area (Å²) in [6.45, 7) is 3.92. The highest BCUT2D eigenvalue weighted by Gasteiger charge is 2.19. The Morgan fingerprint density at radius 3 is 2.12 bits per heavy atom. The molecule has 7 nitrogen and oxygen atoms in total. The van der Waals surface area contributed by atoms with E-state index in [1.807, 2.05) is 24.1 Å². The van der Waals surface area contributed by atoms with Gasteiger partial charge in [0.2, 0.25) is 0 Å². The molecule has 2 amide bonds. The molecule has 0 fully saturated rings. The number of anilines is 1. The third-order valence-electron chi connectivity index (χ3n) is 3.59. The molecule has 0 unspecified atom stereocenters. The highest BCUT2D eigenvalue weighted by atomic mass is 32.2. The van der Waals surface area contributed by atoms with Gasteiger partial charge in [0, 0.05) is 5.69 Å². The summed E-state index contributed by atoms with van der Waals surface area (Å²) in [4.78, 5) is 25.5. The van der Waals surface area contributed by atoms with E-state index in [1.165, 1.54) is 12.1 Å².